The van der Waals surface area contributed by atoms with E-state index in [4.69, 9.17) is 11.2 Å². The topological polar surface area (TPSA) is 35.0 Å². The molecule has 0 bridgehead atoms. The average Bonchev–Trinajstić information content (AvgIpc) is 2.41. The van der Waals surface area contributed by atoms with Crippen LogP contribution in [-0.2, 0) is 11.3 Å². The zero-order valence-electron chi connectivity index (χ0n) is 9.34. The van der Waals surface area contributed by atoms with Gasteiger partial charge in [0.05, 0.1) is 0 Å². The van der Waals surface area contributed by atoms with Crippen molar-refractivity contribution in [2.75, 3.05) is 6.61 Å². The molecule has 3 heteroatoms. The van der Waals surface area contributed by atoms with E-state index in [0.717, 1.165) is 11.1 Å². The molecule has 1 aromatic heterocycles. The molecule has 0 amide bonds. The molecule has 0 saturated carbocycles. The summed E-state index contributed by atoms with van der Waals surface area (Å²) in [6.07, 6.45) is 8.65. The molecule has 0 aliphatic heterocycles. The van der Waals surface area contributed by atoms with Crippen molar-refractivity contribution < 1.29 is 4.74 Å². The van der Waals surface area contributed by atoms with Gasteiger partial charge >= 0.3 is 0 Å². The molecule has 0 unspecified atom stereocenters. The Kier molecular flexibility index (Phi) is 3.85. The fourth-order valence-corrected chi connectivity index (χ4v) is 1.41. The normalized spacial score (nSPS) is 9.82. The summed E-state index contributed by atoms with van der Waals surface area (Å²) >= 11 is 0. The van der Waals surface area contributed by atoms with E-state index >= 15 is 0 Å². The highest BCUT2D eigenvalue weighted by Crippen LogP contribution is 2.16. The zero-order valence-corrected chi connectivity index (χ0v) is 9.34. The van der Waals surface area contributed by atoms with Gasteiger partial charge in [-0.15, -0.1) is 6.42 Å². The molecule has 17 heavy (non-hydrogen) atoms. The van der Waals surface area contributed by atoms with Gasteiger partial charge in [0.15, 0.2) is 5.82 Å². The Morgan fingerprint density at radius 2 is 1.76 bits per heavy atom. The first-order valence-corrected chi connectivity index (χ1v) is 5.27. The van der Waals surface area contributed by atoms with E-state index in [0.29, 0.717) is 12.4 Å². The Morgan fingerprint density at radius 3 is 2.41 bits per heavy atom. The minimum absolute atomic E-state index is 0.282. The average molecular weight is 224 g/mol. The lowest BCUT2D eigenvalue weighted by atomic mass is 10.1. The smallest absolute Gasteiger partial charge is 0.153 e. The van der Waals surface area contributed by atoms with Crippen LogP contribution < -0.4 is 0 Å². The van der Waals surface area contributed by atoms with E-state index in [9.17, 15) is 0 Å². The molecule has 2 rings (SSSR count). The van der Waals surface area contributed by atoms with Crippen molar-refractivity contribution in [2.24, 2.45) is 0 Å². The van der Waals surface area contributed by atoms with E-state index in [2.05, 4.69) is 15.9 Å². The lowest BCUT2D eigenvalue weighted by molar-refractivity contribution is 0.147. The molecule has 1 heterocycles. The number of nitrogens with zero attached hydrogens (tertiary/aromatic N) is 2. The molecule has 2 aromatic rings. The van der Waals surface area contributed by atoms with E-state index < -0.39 is 0 Å². The van der Waals surface area contributed by atoms with Gasteiger partial charge in [0, 0.05) is 18.0 Å². The van der Waals surface area contributed by atoms with Gasteiger partial charge in [0.25, 0.3) is 0 Å². The highest BCUT2D eigenvalue weighted by atomic mass is 16.5. The summed E-state index contributed by atoms with van der Waals surface area (Å²) in [6, 6.07) is 9.99. The van der Waals surface area contributed by atoms with Crippen LogP contribution in [0.4, 0.5) is 0 Å². The zero-order chi connectivity index (χ0) is 11.9. The molecule has 0 fully saturated rings. The van der Waals surface area contributed by atoms with Crippen molar-refractivity contribution in [1.29, 1.82) is 0 Å². The van der Waals surface area contributed by atoms with E-state index in [-0.39, 0.29) is 6.61 Å². The van der Waals surface area contributed by atoms with Gasteiger partial charge in [0.2, 0.25) is 0 Å². The third-order valence-corrected chi connectivity index (χ3v) is 2.23. The first-order valence-electron chi connectivity index (χ1n) is 5.27. The van der Waals surface area contributed by atoms with Crippen LogP contribution >= 0.6 is 0 Å². The van der Waals surface area contributed by atoms with Crippen molar-refractivity contribution in [3.8, 4) is 23.5 Å². The third-order valence-electron chi connectivity index (χ3n) is 2.23. The Balaban J connectivity index is 2.06. The van der Waals surface area contributed by atoms with E-state index in [1.807, 2.05) is 30.3 Å². The van der Waals surface area contributed by atoms with Crippen molar-refractivity contribution in [2.45, 2.75) is 6.61 Å². The van der Waals surface area contributed by atoms with Gasteiger partial charge in [-0.3, -0.25) is 0 Å². The number of hydrogen-bond donors (Lipinski definition) is 0. The molecular weight excluding hydrogens is 212 g/mol. The number of ether oxygens (including phenoxy) is 1. The van der Waals surface area contributed by atoms with E-state index in [1.165, 1.54) is 0 Å². The van der Waals surface area contributed by atoms with Crippen LogP contribution in [0, 0.1) is 12.3 Å². The van der Waals surface area contributed by atoms with Crippen LogP contribution in [0.1, 0.15) is 5.82 Å². The van der Waals surface area contributed by atoms with Crippen molar-refractivity contribution in [1.82, 2.24) is 9.97 Å². The molecule has 0 N–H and O–H groups in total. The fourth-order valence-electron chi connectivity index (χ4n) is 1.41. The standard InChI is InChI=1S/C14H12N2O/c1-2-8-17-11-14-15-9-13(10-16-14)12-6-4-3-5-7-12/h1,3-7,9-10H,8,11H2. The number of rotatable bonds is 4. The van der Waals surface area contributed by atoms with Crippen LogP contribution in [0.5, 0.6) is 0 Å². The Bertz CT molecular complexity index is 500. The van der Waals surface area contributed by atoms with Gasteiger partial charge in [0.1, 0.15) is 13.2 Å². The molecule has 0 aliphatic rings. The monoisotopic (exact) mass is 224 g/mol. The molecule has 0 radical (unpaired) electrons. The van der Waals surface area contributed by atoms with Gasteiger partial charge in [-0.25, -0.2) is 9.97 Å². The van der Waals surface area contributed by atoms with Gasteiger partial charge in [-0.05, 0) is 5.56 Å². The summed E-state index contributed by atoms with van der Waals surface area (Å²) in [5.41, 5.74) is 2.09. The molecule has 0 atom stereocenters. The van der Waals surface area contributed by atoms with E-state index in [1.54, 1.807) is 12.4 Å². The van der Waals surface area contributed by atoms with Crippen molar-refractivity contribution in [3.63, 3.8) is 0 Å². The number of aromatic nitrogens is 2. The maximum Gasteiger partial charge on any atom is 0.153 e. The Labute approximate surface area is 101 Å². The van der Waals surface area contributed by atoms with Crippen LogP contribution in [0.2, 0.25) is 0 Å². The maximum absolute atomic E-state index is 5.15. The SMILES string of the molecule is C#CCOCc1ncc(-c2ccccc2)cn1. The third kappa shape index (κ3) is 3.13. The molecule has 0 saturated heterocycles. The maximum atomic E-state index is 5.15. The number of terminal acetylenes is 1. The second-order valence-electron chi connectivity index (χ2n) is 3.45. The Hall–Kier alpha value is -2.18. The highest BCUT2D eigenvalue weighted by molar-refractivity contribution is 5.60. The minimum Gasteiger partial charge on any atom is -0.361 e. The first kappa shape index (κ1) is 11.3. The van der Waals surface area contributed by atoms with Gasteiger partial charge in [-0.1, -0.05) is 36.3 Å². The van der Waals surface area contributed by atoms with Crippen LogP contribution in [-0.4, -0.2) is 16.6 Å². The number of benzene rings is 1. The van der Waals surface area contributed by atoms with Gasteiger partial charge < -0.3 is 4.74 Å². The molecular formula is C14H12N2O. The first-order chi connectivity index (χ1) is 8.40. The van der Waals surface area contributed by atoms with Crippen molar-refractivity contribution in [3.05, 3.63) is 48.5 Å². The number of hydrogen-bond acceptors (Lipinski definition) is 3. The second kappa shape index (κ2) is 5.78. The van der Waals surface area contributed by atoms with Crippen LogP contribution in [0.3, 0.4) is 0 Å². The minimum atomic E-state index is 0.282. The van der Waals surface area contributed by atoms with Crippen molar-refractivity contribution >= 4 is 0 Å². The lowest BCUT2D eigenvalue weighted by Crippen LogP contribution is -1.99. The molecule has 84 valence electrons. The summed E-state index contributed by atoms with van der Waals surface area (Å²) in [5, 5.41) is 0. The second-order valence-corrected chi connectivity index (χ2v) is 3.45. The van der Waals surface area contributed by atoms with Crippen LogP contribution in [0.15, 0.2) is 42.7 Å². The van der Waals surface area contributed by atoms with Gasteiger partial charge in [-0.2, -0.15) is 0 Å². The fraction of sp³-hybridized carbons (Fsp3) is 0.143. The molecule has 3 nitrogen and oxygen atoms in total. The summed E-state index contributed by atoms with van der Waals surface area (Å²) in [4.78, 5) is 8.44. The predicted molar refractivity (Wildman–Crippen MR) is 66.0 cm³/mol. The quantitative estimate of drug-likeness (QED) is 0.590. The molecule has 1 aromatic carbocycles. The molecule has 0 aliphatic carbocycles. The van der Waals surface area contributed by atoms with Crippen LogP contribution in [0.25, 0.3) is 11.1 Å². The summed E-state index contributed by atoms with van der Waals surface area (Å²) in [6.45, 7) is 0.628. The summed E-state index contributed by atoms with van der Waals surface area (Å²) in [7, 11) is 0. The Morgan fingerprint density at radius 1 is 1.06 bits per heavy atom. The summed E-state index contributed by atoms with van der Waals surface area (Å²) < 4.78 is 5.15. The predicted octanol–water partition coefficient (Wildman–Crippen LogP) is 2.29. The highest BCUT2D eigenvalue weighted by Gasteiger charge is 1.99. The largest absolute Gasteiger partial charge is 0.361 e. The molecule has 0 spiro atoms. The lowest BCUT2D eigenvalue weighted by Gasteiger charge is -2.02. The summed E-state index contributed by atoms with van der Waals surface area (Å²) in [5.74, 6) is 3.04.